The van der Waals surface area contributed by atoms with E-state index in [0.29, 0.717) is 11.4 Å². The largest absolute Gasteiger partial charge is 0.322 e. The molecule has 0 aliphatic rings. The molecule has 0 atom stereocenters. The van der Waals surface area contributed by atoms with E-state index >= 15 is 0 Å². The van der Waals surface area contributed by atoms with E-state index < -0.39 is 26.0 Å². The van der Waals surface area contributed by atoms with E-state index in [2.05, 4.69) is 14.8 Å². The number of aryl methyl sites for hydroxylation is 1. The van der Waals surface area contributed by atoms with Crippen LogP contribution < -0.4 is 14.8 Å². The van der Waals surface area contributed by atoms with Gasteiger partial charge < -0.3 is 5.32 Å². The second kappa shape index (κ2) is 8.88. The zero-order valence-corrected chi connectivity index (χ0v) is 18.4. The number of hydrogen-bond donors (Lipinski definition) is 3. The Kier molecular flexibility index (Phi) is 6.44. The van der Waals surface area contributed by atoms with Gasteiger partial charge in [-0.05, 0) is 74.6 Å². The summed E-state index contributed by atoms with van der Waals surface area (Å²) >= 11 is 0. The highest BCUT2D eigenvalue weighted by atomic mass is 32.2. The van der Waals surface area contributed by atoms with Gasteiger partial charge in [-0.3, -0.25) is 9.52 Å². The molecule has 3 aromatic rings. The van der Waals surface area contributed by atoms with Gasteiger partial charge in [-0.15, -0.1) is 0 Å². The lowest BCUT2D eigenvalue weighted by Gasteiger charge is -2.10. The molecule has 1 amide bonds. The van der Waals surface area contributed by atoms with Crippen LogP contribution in [0.1, 0.15) is 15.9 Å². The average molecular weight is 460 g/mol. The molecule has 8 nitrogen and oxygen atoms in total. The first-order valence-electron chi connectivity index (χ1n) is 9.15. The first-order chi connectivity index (χ1) is 14.6. The molecule has 0 aliphatic carbocycles. The number of carbonyl (C=O) groups is 1. The van der Waals surface area contributed by atoms with Crippen molar-refractivity contribution < 1.29 is 21.6 Å². The fourth-order valence-corrected chi connectivity index (χ4v) is 4.45. The molecule has 0 unspecified atom stereocenters. The number of benzene rings is 3. The van der Waals surface area contributed by atoms with Gasteiger partial charge in [0.2, 0.25) is 10.0 Å². The summed E-state index contributed by atoms with van der Waals surface area (Å²) in [6.07, 6.45) is 0. The normalized spacial score (nSPS) is 11.7. The minimum Gasteiger partial charge on any atom is -0.322 e. The average Bonchev–Trinajstić information content (AvgIpc) is 2.75. The minimum absolute atomic E-state index is 0.0526. The predicted molar refractivity (Wildman–Crippen MR) is 119 cm³/mol. The number of rotatable bonds is 7. The fourth-order valence-electron chi connectivity index (χ4n) is 2.66. The Morgan fingerprint density at radius 2 is 1.16 bits per heavy atom. The Labute approximate surface area is 181 Å². The number of carbonyl (C=O) groups excluding carboxylic acids is 1. The molecule has 0 aromatic heterocycles. The summed E-state index contributed by atoms with van der Waals surface area (Å²) in [6, 6.07) is 18.2. The smallest absolute Gasteiger partial charge is 0.261 e. The molecule has 0 saturated heterocycles. The first kappa shape index (κ1) is 22.5. The van der Waals surface area contributed by atoms with Crippen molar-refractivity contribution in [2.45, 2.75) is 16.7 Å². The number of anilines is 2. The lowest BCUT2D eigenvalue weighted by molar-refractivity contribution is 0.102. The van der Waals surface area contributed by atoms with Gasteiger partial charge in [0.1, 0.15) is 0 Å². The second-order valence-corrected chi connectivity index (χ2v) is 10.3. The maximum atomic E-state index is 12.5. The number of amides is 1. The van der Waals surface area contributed by atoms with E-state index in [1.54, 1.807) is 24.3 Å². The van der Waals surface area contributed by atoms with Crippen LogP contribution in [0.5, 0.6) is 0 Å². The molecule has 31 heavy (non-hydrogen) atoms. The van der Waals surface area contributed by atoms with Crippen molar-refractivity contribution in [3.8, 4) is 0 Å². The molecule has 0 heterocycles. The molecule has 0 fully saturated rings. The quantitative estimate of drug-likeness (QED) is 0.502. The molecule has 0 radical (unpaired) electrons. The summed E-state index contributed by atoms with van der Waals surface area (Å²) in [7, 11) is -5.99. The molecular formula is C21H21N3O5S2. The van der Waals surface area contributed by atoms with Crippen LogP contribution in [0.25, 0.3) is 0 Å². The van der Waals surface area contributed by atoms with E-state index in [9.17, 15) is 21.6 Å². The minimum atomic E-state index is -3.72. The van der Waals surface area contributed by atoms with Crippen LogP contribution in [0.15, 0.2) is 82.6 Å². The number of sulfonamides is 2. The van der Waals surface area contributed by atoms with E-state index in [0.717, 1.165) is 5.56 Å². The Hall–Kier alpha value is -3.21. The van der Waals surface area contributed by atoms with Crippen molar-refractivity contribution in [1.82, 2.24) is 4.72 Å². The van der Waals surface area contributed by atoms with Crippen molar-refractivity contribution in [2.75, 3.05) is 17.1 Å². The molecule has 3 rings (SSSR count). The third kappa shape index (κ3) is 5.48. The van der Waals surface area contributed by atoms with Crippen LogP contribution in [-0.2, 0) is 20.0 Å². The Morgan fingerprint density at radius 1 is 0.677 bits per heavy atom. The van der Waals surface area contributed by atoms with Crippen molar-refractivity contribution in [2.24, 2.45) is 0 Å². The molecular weight excluding hydrogens is 438 g/mol. The summed E-state index contributed by atoms with van der Waals surface area (Å²) in [5, 5.41) is 2.68. The van der Waals surface area contributed by atoms with Gasteiger partial charge in [0.25, 0.3) is 15.9 Å². The third-order valence-corrected chi connectivity index (χ3v) is 7.25. The molecule has 162 valence electrons. The maximum absolute atomic E-state index is 12.5. The van der Waals surface area contributed by atoms with Gasteiger partial charge in [-0.2, -0.15) is 0 Å². The van der Waals surface area contributed by atoms with Gasteiger partial charge >= 0.3 is 0 Å². The SMILES string of the molecule is CNS(=O)(=O)c1ccc(C(=O)Nc2ccc(NS(=O)(=O)c3ccc(C)cc3)cc2)cc1. The lowest BCUT2D eigenvalue weighted by Crippen LogP contribution is -2.19. The van der Waals surface area contributed by atoms with Crippen molar-refractivity contribution in [3.05, 3.63) is 83.9 Å². The van der Waals surface area contributed by atoms with Crippen LogP contribution in [0.2, 0.25) is 0 Å². The molecule has 0 saturated carbocycles. The van der Waals surface area contributed by atoms with Crippen LogP contribution in [-0.4, -0.2) is 29.8 Å². The van der Waals surface area contributed by atoms with Crippen LogP contribution in [0.4, 0.5) is 11.4 Å². The highest BCUT2D eigenvalue weighted by Gasteiger charge is 2.15. The maximum Gasteiger partial charge on any atom is 0.261 e. The lowest BCUT2D eigenvalue weighted by atomic mass is 10.2. The molecule has 0 aliphatic heterocycles. The second-order valence-electron chi connectivity index (χ2n) is 6.68. The van der Waals surface area contributed by atoms with Gasteiger partial charge in [0.05, 0.1) is 9.79 Å². The van der Waals surface area contributed by atoms with Gasteiger partial charge in [0, 0.05) is 16.9 Å². The van der Waals surface area contributed by atoms with E-state index in [1.165, 1.54) is 55.6 Å². The molecule has 3 N–H and O–H groups in total. The van der Waals surface area contributed by atoms with E-state index in [1.807, 2.05) is 6.92 Å². The highest BCUT2D eigenvalue weighted by Crippen LogP contribution is 2.19. The first-order valence-corrected chi connectivity index (χ1v) is 12.1. The standard InChI is InChI=1S/C21H21N3O5S2/c1-15-3-11-20(12-4-15)31(28,29)24-18-9-7-17(8-10-18)23-21(25)16-5-13-19(14-6-16)30(26,27)22-2/h3-14,22,24H,1-2H3,(H,23,25). The predicted octanol–water partition coefficient (Wildman–Crippen LogP) is 2.96. The topological polar surface area (TPSA) is 121 Å². The summed E-state index contributed by atoms with van der Waals surface area (Å²) in [6.45, 7) is 1.87. The van der Waals surface area contributed by atoms with Gasteiger partial charge in [-0.1, -0.05) is 17.7 Å². The van der Waals surface area contributed by atoms with Crippen LogP contribution in [0.3, 0.4) is 0 Å². The monoisotopic (exact) mass is 459 g/mol. The van der Waals surface area contributed by atoms with E-state index in [4.69, 9.17) is 0 Å². The zero-order chi connectivity index (χ0) is 22.6. The van der Waals surface area contributed by atoms with Crippen LogP contribution in [0, 0.1) is 6.92 Å². The molecule has 0 spiro atoms. The van der Waals surface area contributed by atoms with Crippen molar-refractivity contribution in [1.29, 1.82) is 0 Å². The summed E-state index contributed by atoms with van der Waals surface area (Å²) in [5.74, 6) is -0.429. The zero-order valence-electron chi connectivity index (χ0n) is 16.8. The number of nitrogens with one attached hydrogen (secondary N) is 3. The summed E-state index contributed by atoms with van der Waals surface area (Å²) < 4.78 is 53.1. The van der Waals surface area contributed by atoms with Crippen molar-refractivity contribution >= 4 is 37.3 Å². The molecule has 10 heteroatoms. The van der Waals surface area contributed by atoms with Gasteiger partial charge in [-0.25, -0.2) is 21.6 Å². The third-order valence-electron chi connectivity index (χ3n) is 4.42. The molecule has 0 bridgehead atoms. The Morgan fingerprint density at radius 3 is 1.71 bits per heavy atom. The Balaban J connectivity index is 1.67. The van der Waals surface area contributed by atoms with E-state index in [-0.39, 0.29) is 15.4 Å². The van der Waals surface area contributed by atoms with Gasteiger partial charge in [0.15, 0.2) is 0 Å². The highest BCUT2D eigenvalue weighted by molar-refractivity contribution is 7.92. The summed E-state index contributed by atoms with van der Waals surface area (Å²) in [4.78, 5) is 12.6. The fraction of sp³-hybridized carbons (Fsp3) is 0.0952. The number of hydrogen-bond acceptors (Lipinski definition) is 5. The van der Waals surface area contributed by atoms with Crippen LogP contribution >= 0.6 is 0 Å². The summed E-state index contributed by atoms with van der Waals surface area (Å²) in [5.41, 5.74) is 2.03. The Bertz CT molecular complexity index is 1280. The van der Waals surface area contributed by atoms with Crippen molar-refractivity contribution in [3.63, 3.8) is 0 Å². The molecule has 3 aromatic carbocycles.